The van der Waals surface area contributed by atoms with E-state index in [9.17, 15) is 0 Å². The second-order valence-corrected chi connectivity index (χ2v) is 6.36. The lowest BCUT2D eigenvalue weighted by molar-refractivity contribution is 0.461. The number of hydrogen-bond acceptors (Lipinski definition) is 2. The fourth-order valence-electron chi connectivity index (χ4n) is 3.28. The maximum Gasteiger partial charge on any atom is 0.0375 e. The summed E-state index contributed by atoms with van der Waals surface area (Å²) in [5, 5.41) is 0. The molecule has 0 radical (unpaired) electrons. The van der Waals surface area contributed by atoms with E-state index in [1.54, 1.807) is 0 Å². The third-order valence-corrected chi connectivity index (χ3v) is 4.46. The van der Waals surface area contributed by atoms with Gasteiger partial charge >= 0.3 is 0 Å². The van der Waals surface area contributed by atoms with Crippen molar-refractivity contribution in [2.24, 2.45) is 4.99 Å². The molecule has 1 unspecified atom stereocenters. The van der Waals surface area contributed by atoms with Crippen LogP contribution in [0.1, 0.15) is 70.1 Å². The number of aryl methyl sites for hydroxylation is 1. The van der Waals surface area contributed by atoms with Crippen molar-refractivity contribution in [2.75, 3.05) is 0 Å². The van der Waals surface area contributed by atoms with Gasteiger partial charge in [0.1, 0.15) is 0 Å². The van der Waals surface area contributed by atoms with Gasteiger partial charge in [-0.2, -0.15) is 0 Å². The average Bonchev–Trinajstić information content (AvgIpc) is 2.47. The van der Waals surface area contributed by atoms with Gasteiger partial charge < -0.3 is 0 Å². The van der Waals surface area contributed by atoms with Gasteiger partial charge in [-0.3, -0.25) is 9.98 Å². The van der Waals surface area contributed by atoms with E-state index in [-0.39, 0.29) is 5.41 Å². The molecule has 0 aliphatic carbocycles. The molecular formula is C19H28N2. The lowest BCUT2D eigenvalue weighted by Gasteiger charge is -2.33. The fraction of sp³-hybridized carbons (Fsp3) is 0.579. The van der Waals surface area contributed by atoms with Crippen LogP contribution in [0.2, 0.25) is 0 Å². The Bertz CT molecular complexity index is 516. The van der Waals surface area contributed by atoms with Crippen LogP contribution >= 0.6 is 0 Å². The number of unbranched alkanes of at least 4 members (excludes halogenated alkanes) is 4. The fourth-order valence-corrected chi connectivity index (χ4v) is 3.28. The average molecular weight is 284 g/mol. The minimum Gasteiger partial charge on any atom is -0.266 e. The van der Waals surface area contributed by atoms with Crippen molar-refractivity contribution in [2.45, 2.75) is 71.1 Å². The Labute approximate surface area is 129 Å². The van der Waals surface area contributed by atoms with Crippen LogP contribution in [0.25, 0.3) is 0 Å². The van der Waals surface area contributed by atoms with Crippen LogP contribution in [0.4, 0.5) is 0 Å². The van der Waals surface area contributed by atoms with Gasteiger partial charge in [0.05, 0.1) is 0 Å². The second-order valence-electron chi connectivity index (χ2n) is 6.36. The van der Waals surface area contributed by atoms with Gasteiger partial charge in [0.25, 0.3) is 0 Å². The molecule has 1 aromatic heterocycles. The van der Waals surface area contributed by atoms with Crippen LogP contribution in [0.15, 0.2) is 35.6 Å². The van der Waals surface area contributed by atoms with Crippen LogP contribution in [0, 0.1) is 6.92 Å². The molecule has 1 aliphatic heterocycles. The molecule has 2 rings (SSSR count). The summed E-state index contributed by atoms with van der Waals surface area (Å²) < 4.78 is 0. The summed E-state index contributed by atoms with van der Waals surface area (Å²) in [6, 6.07) is 4.43. The largest absolute Gasteiger partial charge is 0.266 e. The van der Waals surface area contributed by atoms with E-state index in [1.807, 2.05) is 12.4 Å². The first-order valence-corrected chi connectivity index (χ1v) is 8.30. The van der Waals surface area contributed by atoms with Gasteiger partial charge in [0, 0.05) is 29.2 Å². The summed E-state index contributed by atoms with van der Waals surface area (Å²) in [5.74, 6) is 0. The number of aliphatic imine (C=N–C) groups is 1. The van der Waals surface area contributed by atoms with Gasteiger partial charge in [-0.05, 0) is 44.4 Å². The van der Waals surface area contributed by atoms with Crippen molar-refractivity contribution in [3.63, 3.8) is 0 Å². The highest BCUT2D eigenvalue weighted by Gasteiger charge is 2.31. The van der Waals surface area contributed by atoms with E-state index in [0.717, 1.165) is 12.1 Å². The zero-order valence-corrected chi connectivity index (χ0v) is 13.7. The third-order valence-electron chi connectivity index (χ3n) is 4.46. The van der Waals surface area contributed by atoms with Gasteiger partial charge in [-0.15, -0.1) is 0 Å². The molecule has 1 aliphatic rings. The lowest BCUT2D eigenvalue weighted by Crippen LogP contribution is -2.28. The van der Waals surface area contributed by atoms with Crippen molar-refractivity contribution in [3.05, 3.63) is 41.9 Å². The summed E-state index contributed by atoms with van der Waals surface area (Å²) in [4.78, 5) is 8.80. The second kappa shape index (κ2) is 7.53. The zero-order chi connectivity index (χ0) is 15.1. The lowest BCUT2D eigenvalue weighted by atomic mass is 9.72. The highest BCUT2D eigenvalue weighted by Crippen LogP contribution is 2.38. The van der Waals surface area contributed by atoms with Crippen molar-refractivity contribution >= 4 is 5.71 Å². The number of pyridine rings is 1. The topological polar surface area (TPSA) is 25.2 Å². The molecule has 0 N–H and O–H groups in total. The number of hydrogen-bond donors (Lipinski definition) is 0. The SMILES string of the molecule is CCCCCCCC1(c2ccnc(C)c2)C=CN=C(C)C1. The molecular weight excluding hydrogens is 256 g/mol. The molecule has 1 atom stereocenters. The zero-order valence-electron chi connectivity index (χ0n) is 13.7. The van der Waals surface area contributed by atoms with Crippen LogP contribution in [-0.4, -0.2) is 10.7 Å². The van der Waals surface area contributed by atoms with Gasteiger partial charge in [-0.1, -0.05) is 45.1 Å². The maximum absolute atomic E-state index is 4.45. The third kappa shape index (κ3) is 4.26. The highest BCUT2D eigenvalue weighted by atomic mass is 14.7. The summed E-state index contributed by atoms with van der Waals surface area (Å²) >= 11 is 0. The normalized spacial score (nSPS) is 21.4. The summed E-state index contributed by atoms with van der Waals surface area (Å²) in [5.41, 5.74) is 3.87. The van der Waals surface area contributed by atoms with Gasteiger partial charge in [-0.25, -0.2) is 0 Å². The summed E-state index contributed by atoms with van der Waals surface area (Å²) in [7, 11) is 0. The minimum atomic E-state index is 0.131. The molecule has 114 valence electrons. The first kappa shape index (κ1) is 15.9. The number of rotatable bonds is 7. The smallest absolute Gasteiger partial charge is 0.0375 e. The van der Waals surface area contributed by atoms with Gasteiger partial charge in [0.2, 0.25) is 0 Å². The molecule has 0 spiro atoms. The van der Waals surface area contributed by atoms with Crippen molar-refractivity contribution < 1.29 is 0 Å². The Balaban J connectivity index is 2.12. The first-order chi connectivity index (χ1) is 10.2. The van der Waals surface area contributed by atoms with Crippen LogP contribution < -0.4 is 0 Å². The van der Waals surface area contributed by atoms with E-state index in [0.29, 0.717) is 0 Å². The number of nitrogens with zero attached hydrogens (tertiary/aromatic N) is 2. The van der Waals surface area contributed by atoms with E-state index < -0.39 is 0 Å². The molecule has 2 nitrogen and oxygen atoms in total. The summed E-state index contributed by atoms with van der Waals surface area (Å²) in [6.07, 6.45) is 15.2. The van der Waals surface area contributed by atoms with Crippen LogP contribution in [0.3, 0.4) is 0 Å². The molecule has 0 saturated heterocycles. The summed E-state index contributed by atoms with van der Waals surface area (Å²) in [6.45, 7) is 6.49. The number of allylic oxidation sites excluding steroid dienone is 1. The number of aromatic nitrogens is 1. The van der Waals surface area contributed by atoms with E-state index >= 15 is 0 Å². The first-order valence-electron chi connectivity index (χ1n) is 8.30. The Kier molecular flexibility index (Phi) is 5.72. The van der Waals surface area contributed by atoms with Gasteiger partial charge in [0.15, 0.2) is 0 Å². The Morgan fingerprint density at radius 2 is 1.95 bits per heavy atom. The maximum atomic E-state index is 4.45. The molecule has 0 saturated carbocycles. The van der Waals surface area contributed by atoms with E-state index in [4.69, 9.17) is 0 Å². The molecule has 2 heteroatoms. The van der Waals surface area contributed by atoms with E-state index in [1.165, 1.54) is 49.8 Å². The molecule has 0 amide bonds. The highest BCUT2D eigenvalue weighted by molar-refractivity contribution is 5.85. The predicted octanol–water partition coefficient (Wildman–Crippen LogP) is 5.37. The van der Waals surface area contributed by atoms with Crippen molar-refractivity contribution in [3.8, 4) is 0 Å². The Morgan fingerprint density at radius 1 is 1.14 bits per heavy atom. The van der Waals surface area contributed by atoms with Crippen LogP contribution in [-0.2, 0) is 5.41 Å². The molecule has 0 fully saturated rings. The molecule has 0 bridgehead atoms. The molecule has 2 heterocycles. The standard InChI is InChI=1S/C19H28N2/c1-4-5-6-7-8-10-19(11-13-21-17(3)15-19)18-9-12-20-16(2)14-18/h9,11-14H,4-8,10,15H2,1-3H3. The Hall–Kier alpha value is -1.44. The monoisotopic (exact) mass is 284 g/mol. The van der Waals surface area contributed by atoms with Crippen molar-refractivity contribution in [1.82, 2.24) is 4.98 Å². The van der Waals surface area contributed by atoms with Crippen molar-refractivity contribution in [1.29, 1.82) is 0 Å². The van der Waals surface area contributed by atoms with Crippen LogP contribution in [0.5, 0.6) is 0 Å². The predicted molar refractivity (Wildman–Crippen MR) is 90.9 cm³/mol. The molecule has 21 heavy (non-hydrogen) atoms. The minimum absolute atomic E-state index is 0.131. The Morgan fingerprint density at radius 3 is 2.67 bits per heavy atom. The quantitative estimate of drug-likeness (QED) is 0.618. The molecule has 0 aromatic carbocycles. The van der Waals surface area contributed by atoms with E-state index in [2.05, 4.69) is 49.0 Å². The molecule has 1 aromatic rings.